The Balaban J connectivity index is 1.87. The van der Waals surface area contributed by atoms with Crippen LogP contribution in [-0.2, 0) is 4.74 Å². The molecule has 0 saturated carbocycles. The maximum absolute atomic E-state index is 12.1. The van der Waals surface area contributed by atoms with Gasteiger partial charge in [-0.2, -0.15) is 0 Å². The molecule has 1 unspecified atom stereocenters. The van der Waals surface area contributed by atoms with Crippen molar-refractivity contribution < 1.29 is 9.53 Å². The van der Waals surface area contributed by atoms with E-state index in [-0.39, 0.29) is 12.0 Å². The van der Waals surface area contributed by atoms with Crippen LogP contribution in [0, 0.1) is 0 Å². The summed E-state index contributed by atoms with van der Waals surface area (Å²) < 4.78 is 6.45. The predicted molar refractivity (Wildman–Crippen MR) is 82.7 cm³/mol. The highest BCUT2D eigenvalue weighted by Crippen LogP contribution is 2.20. The van der Waals surface area contributed by atoms with Crippen molar-refractivity contribution in [2.24, 2.45) is 0 Å². The van der Waals surface area contributed by atoms with Gasteiger partial charge in [0, 0.05) is 35.4 Å². The molecule has 2 rings (SSSR count). The highest BCUT2D eigenvalue weighted by atomic mass is 79.9. The number of nitrogens with zero attached hydrogens (tertiary/aromatic N) is 1. The number of anilines is 1. The van der Waals surface area contributed by atoms with Gasteiger partial charge in [-0.25, -0.2) is 0 Å². The van der Waals surface area contributed by atoms with Gasteiger partial charge in [0.25, 0.3) is 5.91 Å². The molecule has 5 nitrogen and oxygen atoms in total. The van der Waals surface area contributed by atoms with Gasteiger partial charge in [-0.3, -0.25) is 9.69 Å². The standard InChI is InChI=1S/C14H20BrN3O2/c1-2-18-5-6-20-11(9-18)8-17-14(19)10-3-4-12(15)13(16)7-10/h3-4,7,11H,2,5-6,8-9,16H2,1H3,(H,17,19). The summed E-state index contributed by atoms with van der Waals surface area (Å²) in [6.45, 7) is 6.21. The van der Waals surface area contributed by atoms with Crippen molar-refractivity contribution >= 4 is 27.5 Å². The van der Waals surface area contributed by atoms with Gasteiger partial charge in [-0.15, -0.1) is 0 Å². The van der Waals surface area contributed by atoms with Gasteiger partial charge in [-0.05, 0) is 40.7 Å². The number of ether oxygens (including phenoxy) is 1. The van der Waals surface area contributed by atoms with Crippen LogP contribution >= 0.6 is 15.9 Å². The monoisotopic (exact) mass is 341 g/mol. The molecule has 1 saturated heterocycles. The summed E-state index contributed by atoms with van der Waals surface area (Å²) in [5, 5.41) is 2.90. The van der Waals surface area contributed by atoms with Gasteiger partial charge in [0.1, 0.15) is 0 Å². The maximum Gasteiger partial charge on any atom is 0.251 e. The maximum atomic E-state index is 12.1. The molecule has 110 valence electrons. The van der Waals surface area contributed by atoms with E-state index in [1.165, 1.54) is 0 Å². The van der Waals surface area contributed by atoms with Crippen molar-refractivity contribution in [3.05, 3.63) is 28.2 Å². The van der Waals surface area contributed by atoms with E-state index in [0.29, 0.717) is 17.8 Å². The minimum absolute atomic E-state index is 0.0560. The predicted octanol–water partition coefficient (Wildman–Crippen LogP) is 1.48. The molecule has 0 radical (unpaired) electrons. The van der Waals surface area contributed by atoms with Crippen LogP contribution in [0.4, 0.5) is 5.69 Å². The van der Waals surface area contributed by atoms with Gasteiger partial charge in [0.05, 0.1) is 12.7 Å². The van der Waals surface area contributed by atoms with E-state index in [9.17, 15) is 4.79 Å². The number of likely N-dealkylation sites (N-methyl/N-ethyl adjacent to an activating group) is 1. The number of carbonyl (C=O) groups is 1. The molecule has 0 aromatic heterocycles. The minimum Gasteiger partial charge on any atom is -0.398 e. The lowest BCUT2D eigenvalue weighted by molar-refractivity contribution is -0.0246. The van der Waals surface area contributed by atoms with Gasteiger partial charge in [0.15, 0.2) is 0 Å². The normalized spacial score (nSPS) is 19.8. The molecule has 1 aliphatic heterocycles. The first kappa shape index (κ1) is 15.3. The van der Waals surface area contributed by atoms with Crippen molar-refractivity contribution in [3.8, 4) is 0 Å². The van der Waals surface area contributed by atoms with Crippen LogP contribution in [0.25, 0.3) is 0 Å². The molecular weight excluding hydrogens is 322 g/mol. The molecule has 3 N–H and O–H groups in total. The smallest absolute Gasteiger partial charge is 0.251 e. The lowest BCUT2D eigenvalue weighted by Gasteiger charge is -2.32. The molecule has 1 aromatic carbocycles. The van der Waals surface area contributed by atoms with E-state index >= 15 is 0 Å². The van der Waals surface area contributed by atoms with Gasteiger partial charge >= 0.3 is 0 Å². The number of nitrogen functional groups attached to an aromatic ring is 1. The summed E-state index contributed by atoms with van der Waals surface area (Å²) in [7, 11) is 0. The molecule has 1 aromatic rings. The summed E-state index contributed by atoms with van der Waals surface area (Å²) >= 11 is 3.31. The first-order chi connectivity index (χ1) is 9.60. The molecule has 1 atom stereocenters. The molecule has 1 amide bonds. The third-order valence-electron chi connectivity index (χ3n) is 3.42. The molecule has 0 bridgehead atoms. The summed E-state index contributed by atoms with van der Waals surface area (Å²) in [6, 6.07) is 5.19. The summed E-state index contributed by atoms with van der Waals surface area (Å²) in [5.41, 5.74) is 6.90. The van der Waals surface area contributed by atoms with E-state index in [4.69, 9.17) is 10.5 Å². The van der Waals surface area contributed by atoms with Crippen LogP contribution < -0.4 is 11.1 Å². The van der Waals surface area contributed by atoms with Gasteiger partial charge in [-0.1, -0.05) is 6.92 Å². The van der Waals surface area contributed by atoms with E-state index in [1.807, 2.05) is 0 Å². The number of rotatable bonds is 4. The quantitative estimate of drug-likeness (QED) is 0.814. The lowest BCUT2D eigenvalue weighted by Crippen LogP contribution is -2.47. The van der Waals surface area contributed by atoms with E-state index in [1.54, 1.807) is 18.2 Å². The van der Waals surface area contributed by atoms with Crippen LogP contribution in [0.15, 0.2) is 22.7 Å². The molecule has 1 aliphatic rings. The van der Waals surface area contributed by atoms with Crippen molar-refractivity contribution in [2.45, 2.75) is 13.0 Å². The average molecular weight is 342 g/mol. The van der Waals surface area contributed by atoms with E-state index in [0.717, 1.165) is 30.7 Å². The summed E-state index contributed by atoms with van der Waals surface area (Å²) in [6.07, 6.45) is 0.0560. The molecular formula is C14H20BrN3O2. The first-order valence-corrected chi connectivity index (χ1v) is 7.56. The molecule has 20 heavy (non-hydrogen) atoms. The minimum atomic E-state index is -0.124. The van der Waals surface area contributed by atoms with Crippen LogP contribution in [-0.4, -0.2) is 49.7 Å². The Morgan fingerprint density at radius 3 is 3.10 bits per heavy atom. The second-order valence-corrected chi connectivity index (χ2v) is 5.69. The van der Waals surface area contributed by atoms with Crippen molar-refractivity contribution in [1.82, 2.24) is 10.2 Å². The Morgan fingerprint density at radius 1 is 1.60 bits per heavy atom. The second kappa shape index (κ2) is 7.06. The zero-order valence-corrected chi connectivity index (χ0v) is 13.1. The Bertz CT molecular complexity index is 481. The number of morpholine rings is 1. The summed E-state index contributed by atoms with van der Waals surface area (Å²) in [4.78, 5) is 14.4. The zero-order chi connectivity index (χ0) is 14.5. The van der Waals surface area contributed by atoms with Crippen molar-refractivity contribution in [3.63, 3.8) is 0 Å². The third kappa shape index (κ3) is 3.94. The van der Waals surface area contributed by atoms with E-state index < -0.39 is 0 Å². The lowest BCUT2D eigenvalue weighted by atomic mass is 10.2. The second-order valence-electron chi connectivity index (χ2n) is 4.83. The molecule has 0 aliphatic carbocycles. The Hall–Kier alpha value is -1.11. The molecule has 1 heterocycles. The number of hydrogen-bond donors (Lipinski definition) is 2. The van der Waals surface area contributed by atoms with Crippen molar-refractivity contribution in [1.29, 1.82) is 0 Å². The number of halogens is 1. The first-order valence-electron chi connectivity index (χ1n) is 6.77. The van der Waals surface area contributed by atoms with Crippen LogP contribution in [0.5, 0.6) is 0 Å². The molecule has 0 spiro atoms. The zero-order valence-electron chi connectivity index (χ0n) is 11.6. The number of hydrogen-bond acceptors (Lipinski definition) is 4. The SMILES string of the molecule is CCN1CCOC(CNC(=O)c2ccc(Br)c(N)c2)C1. The summed E-state index contributed by atoms with van der Waals surface area (Å²) in [5.74, 6) is -0.124. The van der Waals surface area contributed by atoms with Gasteiger partial charge in [0.2, 0.25) is 0 Å². The van der Waals surface area contributed by atoms with E-state index in [2.05, 4.69) is 33.1 Å². The van der Waals surface area contributed by atoms with Crippen molar-refractivity contribution in [2.75, 3.05) is 38.5 Å². The Morgan fingerprint density at radius 2 is 2.40 bits per heavy atom. The molecule has 1 fully saturated rings. The Kier molecular flexibility index (Phi) is 5.39. The van der Waals surface area contributed by atoms with Gasteiger partial charge < -0.3 is 15.8 Å². The topological polar surface area (TPSA) is 67.6 Å². The van der Waals surface area contributed by atoms with Crippen LogP contribution in [0.3, 0.4) is 0 Å². The third-order valence-corrected chi connectivity index (χ3v) is 4.14. The van der Waals surface area contributed by atoms with Crippen LogP contribution in [0.2, 0.25) is 0 Å². The number of amides is 1. The fourth-order valence-electron chi connectivity index (χ4n) is 2.18. The Labute approximate surface area is 127 Å². The number of carbonyl (C=O) groups excluding carboxylic acids is 1. The number of benzene rings is 1. The largest absolute Gasteiger partial charge is 0.398 e. The average Bonchev–Trinajstić information content (AvgIpc) is 2.47. The number of nitrogens with two attached hydrogens (primary N) is 1. The van der Waals surface area contributed by atoms with Crippen LogP contribution in [0.1, 0.15) is 17.3 Å². The fraction of sp³-hybridized carbons (Fsp3) is 0.500. The number of nitrogens with one attached hydrogen (secondary N) is 1. The molecule has 6 heteroatoms. The fourth-order valence-corrected chi connectivity index (χ4v) is 2.43. The highest BCUT2D eigenvalue weighted by molar-refractivity contribution is 9.10. The highest BCUT2D eigenvalue weighted by Gasteiger charge is 2.20.